The van der Waals surface area contributed by atoms with E-state index in [0.29, 0.717) is 5.92 Å². The van der Waals surface area contributed by atoms with Crippen LogP contribution >= 0.6 is 15.9 Å². The van der Waals surface area contributed by atoms with Gasteiger partial charge >= 0.3 is 0 Å². The summed E-state index contributed by atoms with van der Waals surface area (Å²) in [6.07, 6.45) is 1.15. The fourth-order valence-corrected chi connectivity index (χ4v) is 3.11. The van der Waals surface area contributed by atoms with Crippen molar-refractivity contribution >= 4 is 21.6 Å². The average Bonchev–Trinajstić information content (AvgIpc) is 2.39. The van der Waals surface area contributed by atoms with E-state index in [2.05, 4.69) is 69.8 Å². The number of para-hydroxylation sites is 1. The normalized spacial score (nSPS) is 18.3. The number of fused-ring (bicyclic) bond motifs is 1. The van der Waals surface area contributed by atoms with Gasteiger partial charge in [0.25, 0.3) is 0 Å². The van der Waals surface area contributed by atoms with E-state index in [1.54, 1.807) is 0 Å². The summed E-state index contributed by atoms with van der Waals surface area (Å²) in [5, 5.41) is 3.47. The second-order valence-electron chi connectivity index (χ2n) is 4.38. The number of nitrogens with one attached hydrogen (secondary N) is 1. The van der Waals surface area contributed by atoms with Gasteiger partial charge in [-0.25, -0.2) is 0 Å². The van der Waals surface area contributed by atoms with Crippen molar-refractivity contribution in [2.75, 3.05) is 11.9 Å². The van der Waals surface area contributed by atoms with Crippen molar-refractivity contribution < 1.29 is 0 Å². The third-order valence-corrected chi connectivity index (χ3v) is 4.09. The van der Waals surface area contributed by atoms with Crippen LogP contribution < -0.4 is 5.32 Å². The van der Waals surface area contributed by atoms with E-state index in [1.807, 2.05) is 0 Å². The molecule has 0 bridgehead atoms. The Hall–Kier alpha value is -1.28. The van der Waals surface area contributed by atoms with Gasteiger partial charge in [-0.3, -0.25) is 0 Å². The molecule has 1 unspecified atom stereocenters. The van der Waals surface area contributed by atoms with Crippen LogP contribution in [-0.2, 0) is 0 Å². The summed E-state index contributed by atoms with van der Waals surface area (Å²) in [7, 11) is 0. The molecule has 1 N–H and O–H groups in total. The Labute approximate surface area is 110 Å². The van der Waals surface area contributed by atoms with Crippen molar-refractivity contribution in [3.05, 3.63) is 64.1 Å². The Morgan fingerprint density at radius 3 is 2.47 bits per heavy atom. The lowest BCUT2D eigenvalue weighted by Gasteiger charge is -2.27. The summed E-state index contributed by atoms with van der Waals surface area (Å²) in [5.74, 6) is 0.503. The average molecular weight is 288 g/mol. The van der Waals surface area contributed by atoms with E-state index in [4.69, 9.17) is 0 Å². The Balaban J connectivity index is 2.09. The first kappa shape index (κ1) is 10.8. The first-order chi connectivity index (χ1) is 8.36. The maximum Gasteiger partial charge on any atom is 0.0379 e. The first-order valence-electron chi connectivity index (χ1n) is 5.93. The molecule has 2 heteroatoms. The van der Waals surface area contributed by atoms with Crippen molar-refractivity contribution in [2.24, 2.45) is 0 Å². The quantitative estimate of drug-likeness (QED) is 0.820. The molecule has 0 aromatic heterocycles. The summed E-state index contributed by atoms with van der Waals surface area (Å²) in [6, 6.07) is 17.1. The molecule has 86 valence electrons. The largest absolute Gasteiger partial charge is 0.385 e. The molecule has 1 heterocycles. The minimum absolute atomic E-state index is 0.503. The molecule has 1 nitrogen and oxygen atoms in total. The van der Waals surface area contributed by atoms with E-state index < -0.39 is 0 Å². The lowest BCUT2D eigenvalue weighted by molar-refractivity contribution is 0.717. The lowest BCUT2D eigenvalue weighted by Crippen LogP contribution is -2.17. The van der Waals surface area contributed by atoms with Gasteiger partial charge in [-0.05, 0) is 29.7 Å². The molecule has 3 rings (SSSR count). The Morgan fingerprint density at radius 1 is 0.941 bits per heavy atom. The molecule has 1 aliphatic heterocycles. The molecular formula is C15H14BrN. The highest BCUT2D eigenvalue weighted by molar-refractivity contribution is 9.10. The van der Waals surface area contributed by atoms with Crippen molar-refractivity contribution in [3.8, 4) is 0 Å². The highest BCUT2D eigenvalue weighted by Gasteiger charge is 2.22. The van der Waals surface area contributed by atoms with Crippen LogP contribution in [0.15, 0.2) is 53.0 Å². The van der Waals surface area contributed by atoms with Crippen LogP contribution in [0.25, 0.3) is 0 Å². The van der Waals surface area contributed by atoms with Crippen LogP contribution in [0.4, 0.5) is 5.69 Å². The standard InChI is InChI=1S/C15H14BrN/c16-14-7-3-1-5-12(14)11-9-10-17-15-8-4-2-6-13(11)15/h1-8,11,17H,9-10H2. The molecule has 2 aromatic carbocycles. The molecule has 0 radical (unpaired) electrons. The minimum Gasteiger partial charge on any atom is -0.385 e. The van der Waals surface area contributed by atoms with Gasteiger partial charge in [0.2, 0.25) is 0 Å². The Kier molecular flexibility index (Phi) is 2.89. The zero-order chi connectivity index (χ0) is 11.7. The van der Waals surface area contributed by atoms with Crippen LogP contribution in [0.5, 0.6) is 0 Å². The van der Waals surface area contributed by atoms with E-state index in [1.165, 1.54) is 21.3 Å². The topological polar surface area (TPSA) is 12.0 Å². The molecule has 2 aromatic rings. The van der Waals surface area contributed by atoms with Gasteiger partial charge in [0.05, 0.1) is 0 Å². The number of anilines is 1. The summed E-state index contributed by atoms with van der Waals surface area (Å²) < 4.78 is 1.21. The number of hydrogen-bond donors (Lipinski definition) is 1. The smallest absolute Gasteiger partial charge is 0.0379 e. The molecular weight excluding hydrogens is 274 g/mol. The molecule has 0 fully saturated rings. The van der Waals surface area contributed by atoms with Crippen molar-refractivity contribution in [1.82, 2.24) is 0 Å². The fourth-order valence-electron chi connectivity index (χ4n) is 2.55. The van der Waals surface area contributed by atoms with Crippen molar-refractivity contribution in [1.29, 1.82) is 0 Å². The number of benzene rings is 2. The van der Waals surface area contributed by atoms with E-state index >= 15 is 0 Å². The van der Waals surface area contributed by atoms with Gasteiger partial charge in [0.15, 0.2) is 0 Å². The van der Waals surface area contributed by atoms with Crippen molar-refractivity contribution in [2.45, 2.75) is 12.3 Å². The second kappa shape index (κ2) is 4.53. The summed E-state index contributed by atoms with van der Waals surface area (Å²) in [6.45, 7) is 1.04. The van der Waals surface area contributed by atoms with Gasteiger partial charge in [0.1, 0.15) is 0 Å². The zero-order valence-corrected chi connectivity index (χ0v) is 11.1. The molecule has 0 saturated heterocycles. The third-order valence-electron chi connectivity index (χ3n) is 3.37. The monoisotopic (exact) mass is 287 g/mol. The van der Waals surface area contributed by atoms with Crippen LogP contribution in [0.2, 0.25) is 0 Å². The van der Waals surface area contributed by atoms with E-state index in [9.17, 15) is 0 Å². The molecule has 0 saturated carbocycles. The van der Waals surface area contributed by atoms with Gasteiger partial charge in [-0.15, -0.1) is 0 Å². The lowest BCUT2D eigenvalue weighted by atomic mass is 9.85. The Morgan fingerprint density at radius 2 is 1.65 bits per heavy atom. The molecule has 1 aliphatic rings. The maximum atomic E-state index is 3.66. The zero-order valence-electron chi connectivity index (χ0n) is 9.49. The van der Waals surface area contributed by atoms with E-state index in [-0.39, 0.29) is 0 Å². The first-order valence-corrected chi connectivity index (χ1v) is 6.73. The molecule has 0 amide bonds. The highest BCUT2D eigenvalue weighted by atomic mass is 79.9. The third kappa shape index (κ3) is 1.98. The van der Waals surface area contributed by atoms with Gasteiger partial charge in [-0.2, -0.15) is 0 Å². The summed E-state index contributed by atoms with van der Waals surface area (Å²) >= 11 is 3.66. The predicted molar refractivity (Wildman–Crippen MR) is 75.5 cm³/mol. The highest BCUT2D eigenvalue weighted by Crippen LogP contribution is 2.38. The molecule has 1 atom stereocenters. The van der Waals surface area contributed by atoms with Gasteiger partial charge in [0, 0.05) is 22.6 Å². The van der Waals surface area contributed by atoms with Crippen LogP contribution in [0, 0.1) is 0 Å². The second-order valence-corrected chi connectivity index (χ2v) is 5.23. The molecule has 17 heavy (non-hydrogen) atoms. The van der Waals surface area contributed by atoms with Crippen LogP contribution in [-0.4, -0.2) is 6.54 Å². The molecule has 0 aliphatic carbocycles. The number of halogens is 1. The molecule has 0 spiro atoms. The predicted octanol–water partition coefficient (Wildman–Crippen LogP) is 4.40. The van der Waals surface area contributed by atoms with Crippen LogP contribution in [0.1, 0.15) is 23.5 Å². The minimum atomic E-state index is 0.503. The van der Waals surface area contributed by atoms with Crippen LogP contribution in [0.3, 0.4) is 0 Å². The number of hydrogen-bond acceptors (Lipinski definition) is 1. The van der Waals surface area contributed by atoms with Gasteiger partial charge < -0.3 is 5.32 Å². The van der Waals surface area contributed by atoms with E-state index in [0.717, 1.165) is 13.0 Å². The Bertz CT molecular complexity index is 536. The fraction of sp³-hybridized carbons (Fsp3) is 0.200. The van der Waals surface area contributed by atoms with Crippen molar-refractivity contribution in [3.63, 3.8) is 0 Å². The summed E-state index contributed by atoms with van der Waals surface area (Å²) in [5.41, 5.74) is 4.08. The number of rotatable bonds is 1. The van der Waals surface area contributed by atoms with Gasteiger partial charge in [-0.1, -0.05) is 52.3 Å². The summed E-state index contributed by atoms with van der Waals surface area (Å²) in [4.78, 5) is 0. The maximum absolute atomic E-state index is 3.66. The SMILES string of the molecule is Brc1ccccc1C1CCNc2ccccc21.